The minimum Gasteiger partial charge on any atom is -0.459 e. The van der Waals surface area contributed by atoms with E-state index in [-0.39, 0.29) is 31.8 Å². The van der Waals surface area contributed by atoms with Gasteiger partial charge in [0.15, 0.2) is 6.29 Å². The molecule has 0 spiro atoms. The molecule has 4 heterocycles. The molecule has 0 saturated carbocycles. The van der Waals surface area contributed by atoms with E-state index in [9.17, 15) is 39.8 Å². The highest BCUT2D eigenvalue weighted by molar-refractivity contribution is 7.99. The highest BCUT2D eigenvalue weighted by atomic mass is 32.2. The number of alkyl halides is 1. The zero-order chi connectivity index (χ0) is 54.3. The number of hydrogen-bond donors (Lipinski definition) is 6. The fourth-order valence-electron chi connectivity index (χ4n) is 12.0. The van der Waals surface area contributed by atoms with Gasteiger partial charge < -0.3 is 68.9 Å². The number of methoxy groups -OCH3 is 2. The molecule has 20 atom stereocenters. The maximum absolute atomic E-state index is 14.8. The van der Waals surface area contributed by atoms with Crippen molar-refractivity contribution in [1.82, 2.24) is 24.8 Å². The second-order valence-electron chi connectivity index (χ2n) is 22.2. The first-order valence-corrected chi connectivity index (χ1v) is 27.2. The minimum atomic E-state index is -1.83. The summed E-state index contributed by atoms with van der Waals surface area (Å²) < 4.78 is 54.3. The Bertz CT molecular complexity index is 2010. The van der Waals surface area contributed by atoms with Crippen molar-refractivity contribution >= 4 is 17.7 Å². The van der Waals surface area contributed by atoms with E-state index >= 15 is 0 Å². The van der Waals surface area contributed by atoms with Gasteiger partial charge in [-0.15, -0.1) is 16.9 Å². The number of aliphatic hydroxyl groups excluding tert-OH is 4. The van der Waals surface area contributed by atoms with Crippen molar-refractivity contribution in [1.29, 1.82) is 0 Å². The Kier molecular flexibility index (Phi) is 22.1. The van der Waals surface area contributed by atoms with E-state index in [1.807, 2.05) is 68.9 Å². The van der Waals surface area contributed by atoms with Crippen LogP contribution < -0.4 is 0 Å². The number of esters is 1. The van der Waals surface area contributed by atoms with Crippen LogP contribution in [-0.4, -0.2) is 206 Å². The van der Waals surface area contributed by atoms with Crippen LogP contribution in [0.15, 0.2) is 35.4 Å². The van der Waals surface area contributed by atoms with E-state index < -0.39 is 127 Å². The third-order valence-electron chi connectivity index (χ3n) is 16.4. The largest absolute Gasteiger partial charge is 0.459 e. The summed E-state index contributed by atoms with van der Waals surface area (Å²) in [6, 6.07) is 5.78. The second kappa shape index (κ2) is 26.3. The highest BCUT2D eigenvalue weighted by Gasteiger charge is 2.55. The first-order chi connectivity index (χ1) is 34.3. The number of ether oxygens (including phenoxy) is 6. The molecular weight excluding hydrogens is 966 g/mol. The van der Waals surface area contributed by atoms with Gasteiger partial charge in [-0.25, -0.2) is 9.07 Å². The number of carbonyl (C=O) groups excluding carboxylic acids is 1. The summed E-state index contributed by atoms with van der Waals surface area (Å²) in [5, 5.41) is 78.1. The van der Waals surface area contributed by atoms with Crippen LogP contribution in [-0.2, 0) is 39.6 Å². The Hall–Kier alpha value is -2.41. The molecule has 1 unspecified atom stereocenters. The summed E-state index contributed by atoms with van der Waals surface area (Å²) in [7, 11) is 6.79. The lowest BCUT2D eigenvalue weighted by molar-refractivity contribution is -0.302. The van der Waals surface area contributed by atoms with Crippen molar-refractivity contribution in [3.63, 3.8) is 0 Å². The van der Waals surface area contributed by atoms with Gasteiger partial charge in [-0.3, -0.25) is 4.79 Å². The van der Waals surface area contributed by atoms with Crippen molar-refractivity contribution in [3.05, 3.63) is 41.7 Å². The number of aromatic nitrogens is 3. The predicted octanol–water partition coefficient (Wildman–Crippen LogP) is 4.36. The Morgan fingerprint density at radius 2 is 1.67 bits per heavy atom. The standard InChI is InChI=1S/C53H90FN5O13S/c1-15-42-53(10,66)46(62)34(6)58(12)28-30(2)25-51(8,65)48(32(4)43(33(5)49(64)71-42)41-26-52(9,68-14)47(63)35(7)70-41)72-50-44(61)39(24-31(3)69-50)57(11)21-20-37-29-59(56-55-37)40(27-54)45(67-13)36-16-18-38(19-17-36)73-23-22-60/h16-19,29-35,39-48,50,60-63,65-66H,15,20-28H2,1-14H3/t30-,31-,32+,33-,34-,35+,39+,40-,41-,42-,43?,44-,45-,46-,47+,48-,50+,51-,52-,53-/m1/s1. The number of halogens is 1. The van der Waals surface area contributed by atoms with Gasteiger partial charge in [0, 0.05) is 75.0 Å². The molecule has 3 aliphatic rings. The smallest absolute Gasteiger partial charge is 0.309 e. The van der Waals surface area contributed by atoms with Crippen LogP contribution in [0.1, 0.15) is 118 Å². The lowest BCUT2D eigenvalue weighted by Crippen LogP contribution is -2.62. The molecule has 6 N–H and O–H groups in total. The van der Waals surface area contributed by atoms with Gasteiger partial charge in [0.25, 0.3) is 0 Å². The van der Waals surface area contributed by atoms with Crippen LogP contribution in [0.2, 0.25) is 0 Å². The minimum absolute atomic E-state index is 0.0657. The van der Waals surface area contributed by atoms with Crippen LogP contribution in [0.25, 0.3) is 0 Å². The molecule has 20 heteroatoms. The van der Waals surface area contributed by atoms with Gasteiger partial charge in [-0.05, 0) is 104 Å². The predicted molar refractivity (Wildman–Crippen MR) is 274 cm³/mol. The SMILES string of the molecule is CC[C@H]1OC(=O)[C@H](C)C([C@H]2C[C@@](C)(OC)[C@@H](O)[C@H](C)O2)[C@H](C)[C@@H](O[C@@H]2O[C@H](C)C[C@H](N(C)CCc3cn([C@H](CF)[C@H](OC)c4ccc(SCCO)cc4)nn3)[C@H]2O)[C@](C)(O)C[C@@H](C)CN(C)[C@H](C)[C@@H](O)[C@]1(C)O. The lowest BCUT2D eigenvalue weighted by Gasteiger charge is -2.51. The zero-order valence-corrected chi connectivity index (χ0v) is 46.7. The molecule has 2 aromatic rings. The van der Waals surface area contributed by atoms with E-state index in [0.717, 1.165) is 10.5 Å². The molecule has 5 rings (SSSR count). The van der Waals surface area contributed by atoms with Crippen LogP contribution >= 0.6 is 11.8 Å². The van der Waals surface area contributed by atoms with Crippen LogP contribution in [0, 0.1) is 23.7 Å². The maximum atomic E-state index is 14.8. The summed E-state index contributed by atoms with van der Waals surface area (Å²) >= 11 is 1.52. The van der Waals surface area contributed by atoms with Gasteiger partial charge in [0.05, 0.1) is 53.8 Å². The fourth-order valence-corrected chi connectivity index (χ4v) is 12.6. The molecular formula is C53H90FN5O13S. The molecule has 1 aromatic carbocycles. The van der Waals surface area contributed by atoms with E-state index in [0.29, 0.717) is 37.4 Å². The molecule has 0 bridgehead atoms. The topological polar surface area (TPSA) is 231 Å². The third kappa shape index (κ3) is 14.4. The van der Waals surface area contributed by atoms with Crippen molar-refractivity contribution < 1.29 is 68.2 Å². The number of hydrogen-bond acceptors (Lipinski definition) is 18. The zero-order valence-electron chi connectivity index (χ0n) is 45.8. The van der Waals surface area contributed by atoms with Gasteiger partial charge in [-0.2, -0.15) is 0 Å². The average Bonchev–Trinajstić information content (AvgIpc) is 3.82. The first-order valence-electron chi connectivity index (χ1n) is 26.2. The van der Waals surface area contributed by atoms with E-state index in [4.69, 9.17) is 28.4 Å². The normalized spacial score (nSPS) is 39.6. The van der Waals surface area contributed by atoms with Gasteiger partial charge in [0.1, 0.15) is 48.8 Å². The number of benzene rings is 1. The number of aliphatic hydroxyl groups is 6. The number of carbonyl (C=O) groups is 1. The molecule has 0 aliphatic carbocycles. The molecule has 18 nitrogen and oxygen atoms in total. The maximum Gasteiger partial charge on any atom is 0.309 e. The quantitative estimate of drug-likeness (QED) is 0.0955. The molecule has 3 aliphatic heterocycles. The Morgan fingerprint density at radius 3 is 2.27 bits per heavy atom. The Labute approximate surface area is 437 Å². The van der Waals surface area contributed by atoms with Gasteiger partial charge in [-0.1, -0.05) is 45.0 Å². The van der Waals surface area contributed by atoms with Crippen LogP contribution in [0.3, 0.4) is 0 Å². The third-order valence-corrected chi connectivity index (χ3v) is 17.4. The molecule has 0 radical (unpaired) electrons. The van der Waals surface area contributed by atoms with E-state index in [1.54, 1.807) is 47.7 Å². The summed E-state index contributed by atoms with van der Waals surface area (Å²) in [6.07, 6.45) is -6.25. The molecule has 1 aromatic heterocycles. The summed E-state index contributed by atoms with van der Waals surface area (Å²) in [5.41, 5.74) is -3.13. The number of cyclic esters (lactones) is 1. The Morgan fingerprint density at radius 1 is 1.00 bits per heavy atom. The molecule has 418 valence electrons. The second-order valence-corrected chi connectivity index (χ2v) is 23.4. The van der Waals surface area contributed by atoms with Crippen molar-refractivity contribution in [2.45, 2.75) is 202 Å². The van der Waals surface area contributed by atoms with Crippen molar-refractivity contribution in [2.24, 2.45) is 23.7 Å². The van der Waals surface area contributed by atoms with Crippen LogP contribution in [0.5, 0.6) is 0 Å². The van der Waals surface area contributed by atoms with Gasteiger partial charge >= 0.3 is 5.97 Å². The molecule has 3 saturated heterocycles. The van der Waals surface area contributed by atoms with E-state index in [1.165, 1.54) is 37.6 Å². The summed E-state index contributed by atoms with van der Waals surface area (Å²) in [6.45, 7) is 18.0. The molecule has 3 fully saturated rings. The number of rotatable bonds is 17. The van der Waals surface area contributed by atoms with Crippen LogP contribution in [0.4, 0.5) is 4.39 Å². The first kappa shape index (κ1) is 61.4. The summed E-state index contributed by atoms with van der Waals surface area (Å²) in [4.78, 5) is 19.6. The number of thioether (sulfide) groups is 1. The monoisotopic (exact) mass is 1060 g/mol. The highest BCUT2D eigenvalue weighted by Crippen LogP contribution is 2.45. The van der Waals surface area contributed by atoms with Gasteiger partial charge in [0.2, 0.25) is 0 Å². The molecule has 73 heavy (non-hydrogen) atoms. The van der Waals surface area contributed by atoms with Crippen molar-refractivity contribution in [2.75, 3.05) is 60.4 Å². The number of likely N-dealkylation sites (N-methyl/N-ethyl adjacent to an activating group) is 2. The van der Waals surface area contributed by atoms with Crippen molar-refractivity contribution in [3.8, 4) is 0 Å². The average molecular weight is 1060 g/mol. The Balaban J connectivity index is 1.44. The fraction of sp³-hybridized carbons (Fsp3) is 0.830. The van der Waals surface area contributed by atoms with E-state index in [2.05, 4.69) is 10.3 Å². The summed E-state index contributed by atoms with van der Waals surface area (Å²) in [5.74, 6) is -2.69. The lowest BCUT2D eigenvalue weighted by atomic mass is 9.68. The molecule has 0 amide bonds. The number of nitrogens with zero attached hydrogens (tertiary/aromatic N) is 5.